The number of anilines is 1. The zero-order chi connectivity index (χ0) is 15.1. The Bertz CT molecular complexity index is 596. The summed E-state index contributed by atoms with van der Waals surface area (Å²) >= 11 is 0. The van der Waals surface area contributed by atoms with E-state index < -0.39 is 0 Å². The molecule has 110 valence electrons. The molecule has 0 atom stereocenters. The van der Waals surface area contributed by atoms with Gasteiger partial charge in [0.1, 0.15) is 5.82 Å². The Morgan fingerprint density at radius 1 is 1.10 bits per heavy atom. The van der Waals surface area contributed by atoms with Gasteiger partial charge < -0.3 is 10.6 Å². The first-order valence-electron chi connectivity index (χ1n) is 6.96. The molecule has 0 radical (unpaired) electrons. The summed E-state index contributed by atoms with van der Waals surface area (Å²) in [6.07, 6.45) is 0.560. The Hall–Kier alpha value is -2.20. The number of benzene rings is 2. The summed E-state index contributed by atoms with van der Waals surface area (Å²) in [4.78, 5) is 11.7. The smallest absolute Gasteiger partial charge is 0.238 e. The Morgan fingerprint density at radius 3 is 2.52 bits per heavy atom. The molecule has 0 aliphatic heterocycles. The zero-order valence-electron chi connectivity index (χ0n) is 12.0. The lowest BCUT2D eigenvalue weighted by molar-refractivity contribution is -0.115. The molecule has 0 saturated heterocycles. The molecule has 0 aromatic heterocycles. The molecule has 0 saturated carbocycles. The monoisotopic (exact) mass is 286 g/mol. The van der Waals surface area contributed by atoms with Crippen LogP contribution < -0.4 is 10.6 Å². The Balaban J connectivity index is 1.70. The second-order valence-electron chi connectivity index (χ2n) is 4.93. The zero-order valence-corrected chi connectivity index (χ0v) is 12.0. The number of aryl methyl sites for hydroxylation is 1. The second kappa shape index (κ2) is 7.55. The van der Waals surface area contributed by atoms with Crippen LogP contribution in [0.3, 0.4) is 0 Å². The molecule has 0 aliphatic rings. The minimum absolute atomic E-state index is 0.104. The average Bonchev–Trinajstić information content (AvgIpc) is 2.48. The normalized spacial score (nSPS) is 10.4. The Kier molecular flexibility index (Phi) is 5.46. The molecule has 0 aliphatic carbocycles. The Labute approximate surface area is 124 Å². The third kappa shape index (κ3) is 5.00. The minimum Gasteiger partial charge on any atom is -0.325 e. The van der Waals surface area contributed by atoms with Crippen LogP contribution in [0, 0.1) is 12.7 Å². The van der Waals surface area contributed by atoms with Gasteiger partial charge in [0, 0.05) is 5.69 Å². The largest absolute Gasteiger partial charge is 0.325 e. The lowest BCUT2D eigenvalue weighted by atomic mass is 10.1. The quantitative estimate of drug-likeness (QED) is 0.802. The highest BCUT2D eigenvalue weighted by Crippen LogP contribution is 2.08. The van der Waals surface area contributed by atoms with Crippen LogP contribution in [-0.2, 0) is 11.2 Å². The van der Waals surface area contributed by atoms with Gasteiger partial charge >= 0.3 is 0 Å². The highest BCUT2D eigenvalue weighted by Gasteiger charge is 2.03. The third-order valence-corrected chi connectivity index (χ3v) is 3.15. The van der Waals surface area contributed by atoms with E-state index in [9.17, 15) is 9.18 Å². The van der Waals surface area contributed by atoms with Gasteiger partial charge in [-0.1, -0.05) is 35.9 Å². The van der Waals surface area contributed by atoms with Crippen molar-refractivity contribution in [3.63, 3.8) is 0 Å². The molecule has 1 amide bonds. The second-order valence-corrected chi connectivity index (χ2v) is 4.93. The van der Waals surface area contributed by atoms with Crippen molar-refractivity contribution in [3.05, 3.63) is 65.5 Å². The topological polar surface area (TPSA) is 41.1 Å². The van der Waals surface area contributed by atoms with Crippen LogP contribution in [-0.4, -0.2) is 19.0 Å². The molecule has 21 heavy (non-hydrogen) atoms. The fourth-order valence-corrected chi connectivity index (χ4v) is 1.97. The van der Waals surface area contributed by atoms with E-state index in [2.05, 4.69) is 10.6 Å². The molecule has 0 fully saturated rings. The molecule has 2 rings (SSSR count). The van der Waals surface area contributed by atoms with Crippen LogP contribution in [0.15, 0.2) is 48.5 Å². The SMILES string of the molecule is Cc1ccc(NC(=O)CNCCc2ccccc2F)cc1. The lowest BCUT2D eigenvalue weighted by Gasteiger charge is -2.07. The molecule has 0 heterocycles. The van der Waals surface area contributed by atoms with Gasteiger partial charge in [0.15, 0.2) is 0 Å². The average molecular weight is 286 g/mol. The number of halogens is 1. The summed E-state index contributed by atoms with van der Waals surface area (Å²) in [7, 11) is 0. The van der Waals surface area contributed by atoms with Crippen LogP contribution in [0.2, 0.25) is 0 Å². The van der Waals surface area contributed by atoms with Crippen molar-refractivity contribution in [2.75, 3.05) is 18.4 Å². The number of hydrogen-bond donors (Lipinski definition) is 2. The van der Waals surface area contributed by atoms with Crippen molar-refractivity contribution in [3.8, 4) is 0 Å². The molecule has 4 heteroatoms. The summed E-state index contributed by atoms with van der Waals surface area (Å²) in [6.45, 7) is 2.76. The molecule has 2 aromatic carbocycles. The van der Waals surface area contributed by atoms with Gasteiger partial charge in [0.05, 0.1) is 6.54 Å². The molecule has 0 spiro atoms. The summed E-state index contributed by atoms with van der Waals surface area (Å²) in [5.41, 5.74) is 2.58. The summed E-state index contributed by atoms with van der Waals surface area (Å²) in [6, 6.07) is 14.3. The minimum atomic E-state index is -0.205. The van der Waals surface area contributed by atoms with E-state index in [1.807, 2.05) is 37.3 Å². The number of hydrogen-bond acceptors (Lipinski definition) is 2. The summed E-state index contributed by atoms with van der Waals surface area (Å²) in [5, 5.41) is 5.82. The van der Waals surface area contributed by atoms with Crippen molar-refractivity contribution >= 4 is 11.6 Å². The van der Waals surface area contributed by atoms with Crippen LogP contribution in [0.1, 0.15) is 11.1 Å². The van der Waals surface area contributed by atoms with Crippen molar-refractivity contribution in [2.45, 2.75) is 13.3 Å². The first-order chi connectivity index (χ1) is 10.1. The van der Waals surface area contributed by atoms with Crippen molar-refractivity contribution in [2.24, 2.45) is 0 Å². The molecule has 2 N–H and O–H groups in total. The maximum atomic E-state index is 13.4. The van der Waals surface area contributed by atoms with Gasteiger partial charge in [-0.25, -0.2) is 4.39 Å². The van der Waals surface area contributed by atoms with Crippen LogP contribution in [0.5, 0.6) is 0 Å². The lowest BCUT2D eigenvalue weighted by Crippen LogP contribution is -2.29. The number of nitrogens with one attached hydrogen (secondary N) is 2. The van der Waals surface area contributed by atoms with Gasteiger partial charge in [-0.3, -0.25) is 4.79 Å². The van der Waals surface area contributed by atoms with Crippen molar-refractivity contribution in [1.82, 2.24) is 5.32 Å². The molecule has 3 nitrogen and oxygen atoms in total. The van der Waals surface area contributed by atoms with Gasteiger partial charge in [0.2, 0.25) is 5.91 Å². The highest BCUT2D eigenvalue weighted by atomic mass is 19.1. The van der Waals surface area contributed by atoms with Crippen LogP contribution in [0.4, 0.5) is 10.1 Å². The first kappa shape index (κ1) is 15.2. The molecule has 0 bridgehead atoms. The molecular weight excluding hydrogens is 267 g/mol. The van der Waals surface area contributed by atoms with E-state index in [0.29, 0.717) is 18.5 Å². The van der Waals surface area contributed by atoms with Gasteiger partial charge in [0.25, 0.3) is 0 Å². The van der Waals surface area contributed by atoms with Crippen molar-refractivity contribution in [1.29, 1.82) is 0 Å². The predicted octanol–water partition coefficient (Wildman–Crippen LogP) is 2.90. The van der Waals surface area contributed by atoms with E-state index >= 15 is 0 Å². The van der Waals surface area contributed by atoms with E-state index in [1.54, 1.807) is 12.1 Å². The fourth-order valence-electron chi connectivity index (χ4n) is 1.97. The molecule has 0 unspecified atom stereocenters. The maximum Gasteiger partial charge on any atom is 0.238 e. The third-order valence-electron chi connectivity index (χ3n) is 3.15. The van der Waals surface area contributed by atoms with Gasteiger partial charge in [-0.15, -0.1) is 0 Å². The standard InChI is InChI=1S/C17H19FN2O/c1-13-6-8-15(9-7-13)20-17(21)12-19-11-10-14-4-2-3-5-16(14)18/h2-9,19H,10-12H2,1H3,(H,20,21). The first-order valence-corrected chi connectivity index (χ1v) is 6.96. The number of carbonyl (C=O) groups is 1. The Morgan fingerprint density at radius 2 is 1.81 bits per heavy atom. The predicted molar refractivity (Wildman–Crippen MR) is 82.8 cm³/mol. The van der Waals surface area contributed by atoms with Gasteiger partial charge in [-0.05, 0) is 43.7 Å². The maximum absolute atomic E-state index is 13.4. The van der Waals surface area contributed by atoms with E-state index in [4.69, 9.17) is 0 Å². The van der Waals surface area contributed by atoms with Crippen LogP contribution in [0.25, 0.3) is 0 Å². The van der Waals surface area contributed by atoms with E-state index in [0.717, 1.165) is 11.3 Å². The van der Waals surface area contributed by atoms with Gasteiger partial charge in [-0.2, -0.15) is 0 Å². The number of rotatable bonds is 6. The fraction of sp³-hybridized carbons (Fsp3) is 0.235. The van der Waals surface area contributed by atoms with Crippen LogP contribution >= 0.6 is 0 Å². The van der Waals surface area contributed by atoms with E-state index in [1.165, 1.54) is 6.07 Å². The highest BCUT2D eigenvalue weighted by molar-refractivity contribution is 5.92. The van der Waals surface area contributed by atoms with Crippen molar-refractivity contribution < 1.29 is 9.18 Å². The summed E-state index contributed by atoms with van der Waals surface area (Å²) < 4.78 is 13.4. The van der Waals surface area contributed by atoms with E-state index in [-0.39, 0.29) is 18.3 Å². The molecular formula is C17H19FN2O. The molecule has 2 aromatic rings. The number of amides is 1. The number of carbonyl (C=O) groups excluding carboxylic acids is 1. The summed E-state index contributed by atoms with van der Waals surface area (Å²) in [5.74, 6) is -0.309.